The lowest BCUT2D eigenvalue weighted by atomic mass is 9.96. The van der Waals surface area contributed by atoms with Crippen LogP contribution < -0.4 is 4.74 Å². The molecule has 0 aliphatic rings. The van der Waals surface area contributed by atoms with Gasteiger partial charge in [0.25, 0.3) is 0 Å². The van der Waals surface area contributed by atoms with Crippen LogP contribution in [-0.2, 0) is 4.79 Å². The molecule has 0 radical (unpaired) electrons. The van der Waals surface area contributed by atoms with Crippen LogP contribution in [0.25, 0.3) is 33.0 Å². The molecule has 5 heteroatoms. The Morgan fingerprint density at radius 3 is 2.12 bits per heavy atom. The van der Waals surface area contributed by atoms with Crippen LogP contribution >= 0.6 is 12.6 Å². The molecular weight excluding hydrogens is 524 g/mol. The molecule has 0 saturated carbocycles. The first-order chi connectivity index (χ1) is 19.9. The van der Waals surface area contributed by atoms with Gasteiger partial charge in [-0.15, -0.1) is 0 Å². The highest BCUT2D eigenvalue weighted by molar-refractivity contribution is 7.80. The first kappa shape index (κ1) is 28.1. The highest BCUT2D eigenvalue weighted by Gasteiger charge is 2.14. The van der Waals surface area contributed by atoms with E-state index in [0.717, 1.165) is 22.1 Å². The third-order valence-electron chi connectivity index (χ3n) is 6.87. The Morgan fingerprint density at radius 1 is 0.756 bits per heavy atom. The van der Waals surface area contributed by atoms with Crippen LogP contribution in [-0.4, -0.2) is 23.6 Å². The van der Waals surface area contributed by atoms with E-state index in [0.29, 0.717) is 22.8 Å². The van der Waals surface area contributed by atoms with Gasteiger partial charge in [0.2, 0.25) is 0 Å². The molecule has 41 heavy (non-hydrogen) atoms. The highest BCUT2D eigenvalue weighted by atomic mass is 32.1. The van der Waals surface area contributed by atoms with Crippen LogP contribution in [0.2, 0.25) is 0 Å². The third kappa shape index (κ3) is 7.00. The lowest BCUT2D eigenvalue weighted by Crippen LogP contribution is -2.11. The van der Waals surface area contributed by atoms with Crippen LogP contribution in [0.5, 0.6) is 5.75 Å². The number of nitrogens with zero attached hydrogens (tertiary/aromatic N) is 2. The Morgan fingerprint density at radius 2 is 1.41 bits per heavy atom. The third-order valence-corrected chi connectivity index (χ3v) is 7.09. The Bertz CT molecular complexity index is 1750. The second kappa shape index (κ2) is 12.8. The summed E-state index contributed by atoms with van der Waals surface area (Å²) in [7, 11) is 0. The van der Waals surface area contributed by atoms with Gasteiger partial charge in [-0.2, -0.15) is 22.8 Å². The minimum Gasteiger partial charge on any atom is -0.426 e. The molecule has 0 N–H and O–H groups in total. The van der Waals surface area contributed by atoms with Gasteiger partial charge in [-0.25, -0.2) is 0 Å². The number of fused-ring (bicyclic) bond motifs is 1. The van der Waals surface area contributed by atoms with Crippen LogP contribution in [0.3, 0.4) is 0 Å². The predicted molar refractivity (Wildman–Crippen MR) is 175 cm³/mol. The Kier molecular flexibility index (Phi) is 8.76. The summed E-state index contributed by atoms with van der Waals surface area (Å²) in [4.78, 5) is 12.3. The van der Waals surface area contributed by atoms with Gasteiger partial charge in [0.15, 0.2) is 0 Å². The largest absolute Gasteiger partial charge is 0.426 e. The lowest BCUT2D eigenvalue weighted by molar-refractivity contribution is -0.133. The summed E-state index contributed by atoms with van der Waals surface area (Å²) in [5.74, 6) is 0.538. The normalized spacial score (nSPS) is 11.8. The molecule has 0 heterocycles. The quantitative estimate of drug-likeness (QED) is 0.0682. The molecule has 0 aromatic heterocycles. The molecule has 0 atom stereocenters. The van der Waals surface area contributed by atoms with Crippen molar-refractivity contribution < 1.29 is 9.53 Å². The zero-order chi connectivity index (χ0) is 28.8. The van der Waals surface area contributed by atoms with Crippen LogP contribution in [0, 0.1) is 13.8 Å². The van der Waals surface area contributed by atoms with E-state index in [1.165, 1.54) is 27.6 Å². The maximum atomic E-state index is 12.3. The van der Waals surface area contributed by atoms with Crippen molar-refractivity contribution in [2.45, 2.75) is 27.2 Å². The van der Waals surface area contributed by atoms with E-state index in [-0.39, 0.29) is 12.4 Å². The summed E-state index contributed by atoms with van der Waals surface area (Å²) in [5.41, 5.74) is 9.22. The molecule has 0 fully saturated rings. The zero-order valence-electron chi connectivity index (χ0n) is 23.5. The zero-order valence-corrected chi connectivity index (χ0v) is 24.4. The van der Waals surface area contributed by atoms with Crippen LogP contribution in [0.15, 0.2) is 113 Å². The smallest absolute Gasteiger partial charge is 0.312 e. The van der Waals surface area contributed by atoms with Gasteiger partial charge >= 0.3 is 5.97 Å². The first-order valence-electron chi connectivity index (χ1n) is 13.6. The predicted octanol–water partition coefficient (Wildman–Crippen LogP) is 8.86. The molecule has 0 unspecified atom stereocenters. The number of esters is 1. The van der Waals surface area contributed by atoms with Gasteiger partial charge in [-0.05, 0) is 77.6 Å². The number of aryl methyl sites for hydroxylation is 2. The van der Waals surface area contributed by atoms with Gasteiger partial charge in [0.1, 0.15) is 5.75 Å². The number of hydrogen-bond donors (Lipinski definition) is 1. The lowest BCUT2D eigenvalue weighted by Gasteiger charge is -2.12. The summed E-state index contributed by atoms with van der Waals surface area (Å²) in [6, 6.07) is 35.2. The van der Waals surface area contributed by atoms with Crippen molar-refractivity contribution in [3.8, 4) is 28.0 Å². The second-order valence-electron chi connectivity index (χ2n) is 10.1. The standard InChI is InChI=1S/C36H32N2O2S/c1-24-18-25(2)20-33(19-24)30-12-10-29(11-13-30)32-14-15-35(40-36(39)16-17-41)34(22-32)26(3)38-37-23-27-8-9-28-6-4-5-7-31(28)21-27/h4-15,18-23,41H,16-17H2,1-3H3/b37-23+,38-26+. The molecule has 5 rings (SSSR count). The van der Waals surface area contributed by atoms with E-state index >= 15 is 0 Å². The fourth-order valence-electron chi connectivity index (χ4n) is 4.87. The summed E-state index contributed by atoms with van der Waals surface area (Å²) < 4.78 is 5.69. The minimum absolute atomic E-state index is 0.223. The topological polar surface area (TPSA) is 51.0 Å². The van der Waals surface area contributed by atoms with E-state index in [9.17, 15) is 4.79 Å². The highest BCUT2D eigenvalue weighted by Crippen LogP contribution is 2.30. The Labute approximate surface area is 246 Å². The molecule has 204 valence electrons. The van der Waals surface area contributed by atoms with E-state index in [2.05, 4.69) is 103 Å². The second-order valence-corrected chi connectivity index (χ2v) is 10.6. The average molecular weight is 557 g/mol. The van der Waals surface area contributed by atoms with Crippen LogP contribution in [0.4, 0.5) is 0 Å². The van der Waals surface area contributed by atoms with Crippen molar-refractivity contribution in [3.63, 3.8) is 0 Å². The van der Waals surface area contributed by atoms with E-state index in [4.69, 9.17) is 4.74 Å². The van der Waals surface area contributed by atoms with Crippen molar-refractivity contribution in [2.24, 2.45) is 10.2 Å². The molecular formula is C36H32N2O2S. The fraction of sp³-hybridized carbons (Fsp3) is 0.139. The number of carbonyl (C=O) groups excluding carboxylic acids is 1. The van der Waals surface area contributed by atoms with Gasteiger partial charge < -0.3 is 4.74 Å². The van der Waals surface area contributed by atoms with Crippen molar-refractivity contribution in [3.05, 3.63) is 125 Å². The number of rotatable bonds is 8. The first-order valence-corrected chi connectivity index (χ1v) is 14.2. The summed E-state index contributed by atoms with van der Waals surface area (Å²) in [6.45, 7) is 6.11. The van der Waals surface area contributed by atoms with Crippen LogP contribution in [0.1, 0.15) is 35.6 Å². The van der Waals surface area contributed by atoms with E-state index < -0.39 is 0 Å². The number of benzene rings is 5. The maximum absolute atomic E-state index is 12.3. The van der Waals surface area contributed by atoms with Gasteiger partial charge in [-0.3, -0.25) is 4.79 Å². The molecule has 4 nitrogen and oxygen atoms in total. The molecule has 0 saturated heterocycles. The van der Waals surface area contributed by atoms with Gasteiger partial charge in [0.05, 0.1) is 18.3 Å². The number of ether oxygens (including phenoxy) is 1. The minimum atomic E-state index is -0.334. The Hall–Kier alpha value is -4.48. The molecule has 5 aromatic carbocycles. The molecule has 0 amide bonds. The molecule has 0 aliphatic heterocycles. The summed E-state index contributed by atoms with van der Waals surface area (Å²) in [6.07, 6.45) is 1.96. The van der Waals surface area contributed by atoms with Crippen molar-refractivity contribution in [1.29, 1.82) is 0 Å². The van der Waals surface area contributed by atoms with E-state index in [1.807, 2.05) is 43.3 Å². The monoisotopic (exact) mass is 556 g/mol. The number of hydrogen-bond acceptors (Lipinski definition) is 5. The fourth-order valence-corrected chi connectivity index (χ4v) is 5.05. The van der Waals surface area contributed by atoms with Crippen molar-refractivity contribution >= 4 is 41.3 Å². The van der Waals surface area contributed by atoms with Gasteiger partial charge in [0, 0.05) is 11.3 Å². The Balaban J connectivity index is 1.45. The maximum Gasteiger partial charge on any atom is 0.312 e. The SMILES string of the molecule is C/C(=N\N=C\c1ccc2ccccc2c1)c1cc(-c2ccc(-c3cc(C)cc(C)c3)cc2)ccc1OC(=O)CCS. The molecule has 0 spiro atoms. The summed E-state index contributed by atoms with van der Waals surface area (Å²) >= 11 is 4.16. The van der Waals surface area contributed by atoms with Crippen molar-refractivity contribution in [1.82, 2.24) is 0 Å². The van der Waals surface area contributed by atoms with Crippen molar-refractivity contribution in [2.75, 3.05) is 5.75 Å². The molecule has 0 bridgehead atoms. The number of carbonyl (C=O) groups is 1. The molecule has 5 aromatic rings. The number of thiol groups is 1. The average Bonchev–Trinajstić information content (AvgIpc) is 2.97. The summed E-state index contributed by atoms with van der Waals surface area (Å²) in [5, 5.41) is 11.1. The van der Waals surface area contributed by atoms with Gasteiger partial charge in [-0.1, -0.05) is 96.1 Å². The molecule has 0 aliphatic carbocycles. The van der Waals surface area contributed by atoms with E-state index in [1.54, 1.807) is 6.21 Å².